The van der Waals surface area contributed by atoms with Gasteiger partial charge in [-0.05, 0) is 18.1 Å². The molecule has 3 rings (SSSR count). The van der Waals surface area contributed by atoms with Gasteiger partial charge in [0.05, 0.1) is 6.42 Å². The Bertz CT molecular complexity index is 893. The minimum atomic E-state index is -0.618. The lowest BCUT2D eigenvalue weighted by Crippen LogP contribution is -2.49. The number of carbonyl (C=O) groups excluding carboxylic acids is 3. The minimum absolute atomic E-state index is 0.194. The van der Waals surface area contributed by atoms with Gasteiger partial charge in [-0.15, -0.1) is 0 Å². The fourth-order valence-corrected chi connectivity index (χ4v) is 3.52. The highest BCUT2D eigenvalue weighted by Gasteiger charge is 2.22. The van der Waals surface area contributed by atoms with Gasteiger partial charge in [-0.2, -0.15) is 0 Å². The summed E-state index contributed by atoms with van der Waals surface area (Å²) in [5.41, 5.74) is 3.37. The molecule has 1 saturated heterocycles. The molecule has 0 bridgehead atoms. The number of esters is 1. The third kappa shape index (κ3) is 7.53. The summed E-state index contributed by atoms with van der Waals surface area (Å²) >= 11 is 0. The van der Waals surface area contributed by atoms with Gasteiger partial charge >= 0.3 is 5.97 Å². The van der Waals surface area contributed by atoms with Gasteiger partial charge in [0.2, 0.25) is 5.91 Å². The van der Waals surface area contributed by atoms with Gasteiger partial charge in [0.15, 0.2) is 6.61 Å². The Balaban J connectivity index is 1.31. The number of nitrogens with one attached hydrogen (secondary N) is 1. The smallest absolute Gasteiger partial charge is 0.325 e. The van der Waals surface area contributed by atoms with E-state index in [1.54, 1.807) is 4.90 Å². The summed E-state index contributed by atoms with van der Waals surface area (Å²) in [7, 11) is 0. The van der Waals surface area contributed by atoms with Gasteiger partial charge in [-0.25, -0.2) is 0 Å². The second kappa shape index (κ2) is 11.3. The van der Waals surface area contributed by atoms with Crippen LogP contribution in [-0.2, 0) is 32.1 Å². The lowest BCUT2D eigenvalue weighted by molar-refractivity contribution is -0.152. The summed E-state index contributed by atoms with van der Waals surface area (Å²) in [6.45, 7) is 5.17. The summed E-state index contributed by atoms with van der Waals surface area (Å²) in [6, 6.07) is 17.7. The average Bonchev–Trinajstić information content (AvgIpc) is 2.77. The number of piperazine rings is 1. The highest BCUT2D eigenvalue weighted by atomic mass is 16.5. The van der Waals surface area contributed by atoms with E-state index >= 15 is 0 Å². The molecule has 7 nitrogen and oxygen atoms in total. The largest absolute Gasteiger partial charge is 0.454 e. The van der Waals surface area contributed by atoms with Crippen molar-refractivity contribution >= 4 is 17.8 Å². The molecule has 0 spiro atoms. The number of ether oxygens (including phenoxy) is 1. The predicted molar refractivity (Wildman–Crippen MR) is 117 cm³/mol. The SMILES string of the molecule is Cc1cccc(CN2CCN(C(=O)COC(=O)CNC(=O)Cc3ccccc3)CC2)c1. The zero-order valence-electron chi connectivity index (χ0n) is 17.9. The number of rotatable bonds is 8. The van der Waals surface area contributed by atoms with Crippen LogP contribution < -0.4 is 5.32 Å². The Hall–Kier alpha value is -3.19. The normalized spacial score (nSPS) is 14.2. The topological polar surface area (TPSA) is 79.0 Å². The lowest BCUT2D eigenvalue weighted by atomic mass is 10.1. The maximum absolute atomic E-state index is 12.3. The van der Waals surface area contributed by atoms with Crippen molar-refractivity contribution in [2.45, 2.75) is 19.9 Å². The number of benzene rings is 2. The molecule has 0 aliphatic carbocycles. The predicted octanol–water partition coefficient (Wildman–Crippen LogP) is 1.54. The van der Waals surface area contributed by atoms with Crippen molar-refractivity contribution in [2.75, 3.05) is 39.3 Å². The molecular weight excluding hydrogens is 394 g/mol. The van der Waals surface area contributed by atoms with Crippen molar-refractivity contribution in [3.8, 4) is 0 Å². The first-order valence-electron chi connectivity index (χ1n) is 10.5. The number of carbonyl (C=O) groups is 3. The highest BCUT2D eigenvalue weighted by Crippen LogP contribution is 2.10. The zero-order valence-corrected chi connectivity index (χ0v) is 17.9. The van der Waals surface area contributed by atoms with Crippen molar-refractivity contribution in [3.05, 3.63) is 71.3 Å². The third-order valence-corrected chi connectivity index (χ3v) is 5.21. The van der Waals surface area contributed by atoms with Crippen LogP contribution in [0.3, 0.4) is 0 Å². The molecule has 2 aromatic carbocycles. The second-order valence-corrected chi connectivity index (χ2v) is 7.75. The first-order valence-corrected chi connectivity index (χ1v) is 10.5. The minimum Gasteiger partial charge on any atom is -0.454 e. The van der Waals surface area contributed by atoms with E-state index in [9.17, 15) is 14.4 Å². The van der Waals surface area contributed by atoms with Gasteiger partial charge in [0, 0.05) is 32.7 Å². The van der Waals surface area contributed by atoms with Gasteiger partial charge in [-0.1, -0.05) is 60.2 Å². The van der Waals surface area contributed by atoms with Crippen molar-refractivity contribution in [3.63, 3.8) is 0 Å². The van der Waals surface area contributed by atoms with E-state index in [0.29, 0.717) is 13.1 Å². The number of aryl methyl sites for hydroxylation is 1. The van der Waals surface area contributed by atoms with E-state index < -0.39 is 5.97 Å². The highest BCUT2D eigenvalue weighted by molar-refractivity contribution is 5.85. The molecule has 1 fully saturated rings. The zero-order chi connectivity index (χ0) is 22.1. The first-order chi connectivity index (χ1) is 15.0. The first kappa shape index (κ1) is 22.5. The fraction of sp³-hybridized carbons (Fsp3) is 0.375. The molecule has 7 heteroatoms. The van der Waals surface area contributed by atoms with Crippen LogP contribution in [0.1, 0.15) is 16.7 Å². The van der Waals surface area contributed by atoms with Crippen LogP contribution in [0.25, 0.3) is 0 Å². The molecule has 0 atom stereocenters. The molecule has 31 heavy (non-hydrogen) atoms. The molecule has 1 N–H and O–H groups in total. The Morgan fingerprint density at radius 2 is 1.65 bits per heavy atom. The second-order valence-electron chi connectivity index (χ2n) is 7.75. The lowest BCUT2D eigenvalue weighted by Gasteiger charge is -2.34. The van der Waals surface area contributed by atoms with E-state index in [1.165, 1.54) is 11.1 Å². The monoisotopic (exact) mass is 423 g/mol. The Labute approximate surface area is 183 Å². The Kier molecular flexibility index (Phi) is 8.18. The number of hydrogen-bond donors (Lipinski definition) is 1. The summed E-state index contributed by atoms with van der Waals surface area (Å²) in [5.74, 6) is -1.09. The van der Waals surface area contributed by atoms with Crippen molar-refractivity contribution in [1.82, 2.24) is 15.1 Å². The van der Waals surface area contributed by atoms with Gasteiger partial charge < -0.3 is 15.0 Å². The molecule has 1 aliphatic rings. The molecule has 0 unspecified atom stereocenters. The Morgan fingerprint density at radius 3 is 2.35 bits per heavy atom. The van der Waals surface area contributed by atoms with Crippen LogP contribution >= 0.6 is 0 Å². The summed E-state index contributed by atoms with van der Waals surface area (Å²) < 4.78 is 5.03. The molecule has 2 aromatic rings. The summed E-state index contributed by atoms with van der Waals surface area (Å²) in [6.07, 6.45) is 0.194. The van der Waals surface area contributed by atoms with Gasteiger partial charge in [0.25, 0.3) is 5.91 Å². The fourth-order valence-electron chi connectivity index (χ4n) is 3.52. The maximum Gasteiger partial charge on any atom is 0.325 e. The number of hydrogen-bond acceptors (Lipinski definition) is 5. The average molecular weight is 424 g/mol. The molecule has 0 aromatic heterocycles. The standard InChI is InChI=1S/C24H29N3O4/c1-19-6-5-9-21(14-19)17-26-10-12-27(13-11-26)23(29)18-31-24(30)16-25-22(28)15-20-7-3-2-4-8-20/h2-9,14H,10-13,15-18H2,1H3,(H,25,28). The molecule has 0 radical (unpaired) electrons. The van der Waals surface area contributed by atoms with E-state index in [0.717, 1.165) is 25.2 Å². The van der Waals surface area contributed by atoms with E-state index in [4.69, 9.17) is 4.74 Å². The molecule has 1 heterocycles. The van der Waals surface area contributed by atoms with Gasteiger partial charge in [0.1, 0.15) is 6.54 Å². The molecule has 2 amide bonds. The van der Waals surface area contributed by atoms with Gasteiger partial charge in [-0.3, -0.25) is 19.3 Å². The van der Waals surface area contributed by atoms with E-state index in [1.807, 2.05) is 30.3 Å². The Morgan fingerprint density at radius 1 is 0.935 bits per heavy atom. The molecule has 0 saturated carbocycles. The van der Waals surface area contributed by atoms with Crippen molar-refractivity contribution in [1.29, 1.82) is 0 Å². The maximum atomic E-state index is 12.3. The van der Waals surface area contributed by atoms with Crippen LogP contribution in [-0.4, -0.2) is 66.9 Å². The van der Waals surface area contributed by atoms with Crippen LogP contribution in [0.2, 0.25) is 0 Å². The summed E-state index contributed by atoms with van der Waals surface area (Å²) in [5, 5.41) is 2.52. The van der Waals surface area contributed by atoms with Crippen molar-refractivity contribution in [2.24, 2.45) is 0 Å². The van der Waals surface area contributed by atoms with E-state index in [-0.39, 0.29) is 31.4 Å². The summed E-state index contributed by atoms with van der Waals surface area (Å²) in [4.78, 5) is 40.1. The van der Waals surface area contributed by atoms with E-state index in [2.05, 4.69) is 41.4 Å². The van der Waals surface area contributed by atoms with Crippen LogP contribution in [0.5, 0.6) is 0 Å². The van der Waals surface area contributed by atoms with Crippen LogP contribution in [0, 0.1) is 6.92 Å². The van der Waals surface area contributed by atoms with Crippen molar-refractivity contribution < 1.29 is 19.1 Å². The van der Waals surface area contributed by atoms with Crippen LogP contribution in [0.4, 0.5) is 0 Å². The quantitative estimate of drug-likeness (QED) is 0.652. The molecule has 164 valence electrons. The molecule has 1 aliphatic heterocycles. The molecular formula is C24H29N3O4. The van der Waals surface area contributed by atoms with Crippen LogP contribution in [0.15, 0.2) is 54.6 Å². The number of nitrogens with zero attached hydrogens (tertiary/aromatic N) is 2. The third-order valence-electron chi connectivity index (χ3n) is 5.21. The number of amides is 2.